The second-order valence-corrected chi connectivity index (χ2v) is 9.93. The number of hydrogen-bond donors (Lipinski definition) is 2. The van der Waals surface area contributed by atoms with Crippen LogP contribution >= 0.6 is 11.3 Å². The number of nitrogens with zero attached hydrogens (tertiary/aromatic N) is 1. The molecular formula is C19H21N3O6S2. The second kappa shape index (κ2) is 8.44. The van der Waals surface area contributed by atoms with Crippen molar-refractivity contribution in [3.8, 4) is 0 Å². The van der Waals surface area contributed by atoms with E-state index in [2.05, 4.69) is 5.32 Å². The quantitative estimate of drug-likeness (QED) is 0.710. The Kier molecular flexibility index (Phi) is 6.13. The number of nitrogens with one attached hydrogen (secondary N) is 1. The summed E-state index contributed by atoms with van der Waals surface area (Å²) in [6.45, 7) is 2.38. The summed E-state index contributed by atoms with van der Waals surface area (Å²) in [5.74, 6) is -2.28. The highest BCUT2D eigenvalue weighted by molar-refractivity contribution is 7.92. The minimum absolute atomic E-state index is 0.0394. The number of methoxy groups -OCH3 is 1. The van der Waals surface area contributed by atoms with E-state index in [0.717, 1.165) is 16.9 Å². The van der Waals surface area contributed by atoms with Gasteiger partial charge < -0.3 is 20.7 Å². The molecule has 160 valence electrons. The minimum atomic E-state index is -3.85. The Morgan fingerprint density at radius 2 is 1.90 bits per heavy atom. The Hall–Kier alpha value is -2.92. The van der Waals surface area contributed by atoms with Crippen molar-refractivity contribution in [1.29, 1.82) is 0 Å². The molecule has 0 aliphatic carbocycles. The monoisotopic (exact) mass is 451 g/mol. The number of rotatable bonds is 5. The number of hydrogen-bond acceptors (Lipinski definition) is 7. The van der Waals surface area contributed by atoms with Crippen LogP contribution in [0.4, 0.5) is 9.80 Å². The van der Waals surface area contributed by atoms with Crippen LogP contribution in [0, 0.1) is 6.92 Å². The predicted octanol–water partition coefficient (Wildman–Crippen LogP) is 1.69. The Morgan fingerprint density at radius 1 is 1.23 bits per heavy atom. The molecule has 2 aromatic rings. The molecule has 2 heterocycles. The summed E-state index contributed by atoms with van der Waals surface area (Å²) in [7, 11) is -2.57. The molecule has 1 aromatic carbocycles. The van der Waals surface area contributed by atoms with E-state index in [9.17, 15) is 22.8 Å². The van der Waals surface area contributed by atoms with E-state index in [1.807, 2.05) is 6.92 Å². The maximum Gasteiger partial charge on any atom is 0.409 e. The van der Waals surface area contributed by atoms with Gasteiger partial charge in [0.05, 0.1) is 24.1 Å². The molecule has 9 nitrogen and oxygen atoms in total. The number of benzene rings is 1. The lowest BCUT2D eigenvalue weighted by Gasteiger charge is -2.25. The topological polar surface area (TPSA) is 136 Å². The number of carbonyl (C=O) groups is 3. The van der Waals surface area contributed by atoms with Crippen molar-refractivity contribution >= 4 is 44.1 Å². The normalized spacial score (nSPS) is 13.5. The van der Waals surface area contributed by atoms with E-state index < -0.39 is 33.5 Å². The fraction of sp³-hybridized carbons (Fsp3) is 0.316. The van der Waals surface area contributed by atoms with Gasteiger partial charge >= 0.3 is 6.09 Å². The van der Waals surface area contributed by atoms with Crippen LogP contribution in [0.25, 0.3) is 0 Å². The summed E-state index contributed by atoms with van der Waals surface area (Å²) < 4.78 is 29.7. The highest BCUT2D eigenvalue weighted by atomic mass is 32.2. The first-order valence-corrected chi connectivity index (χ1v) is 11.5. The van der Waals surface area contributed by atoms with E-state index in [0.29, 0.717) is 23.4 Å². The average molecular weight is 452 g/mol. The maximum atomic E-state index is 12.5. The van der Waals surface area contributed by atoms with Crippen molar-refractivity contribution in [1.82, 2.24) is 4.90 Å². The van der Waals surface area contributed by atoms with Crippen LogP contribution in [0.5, 0.6) is 0 Å². The lowest BCUT2D eigenvalue weighted by atomic mass is 10.0. The van der Waals surface area contributed by atoms with E-state index in [4.69, 9.17) is 10.5 Å². The van der Waals surface area contributed by atoms with Crippen molar-refractivity contribution in [2.45, 2.75) is 24.8 Å². The summed E-state index contributed by atoms with van der Waals surface area (Å²) in [6, 6.07) is 6.18. The molecule has 0 saturated heterocycles. The second-order valence-electron chi connectivity index (χ2n) is 6.83. The van der Waals surface area contributed by atoms with E-state index in [1.54, 1.807) is 12.1 Å². The summed E-state index contributed by atoms with van der Waals surface area (Å²) in [5, 5.41) is 2.69. The number of thiophene rings is 1. The molecule has 0 atom stereocenters. The van der Waals surface area contributed by atoms with Crippen molar-refractivity contribution in [3.05, 3.63) is 45.8 Å². The Balaban J connectivity index is 1.82. The molecule has 0 spiro atoms. The zero-order valence-electron chi connectivity index (χ0n) is 16.4. The molecular weight excluding hydrogens is 430 g/mol. The molecule has 3 amide bonds. The van der Waals surface area contributed by atoms with Crippen molar-refractivity contribution in [2.75, 3.05) is 24.7 Å². The number of nitrogens with two attached hydrogens (primary N) is 1. The smallest absolute Gasteiger partial charge is 0.409 e. The molecule has 3 rings (SSSR count). The lowest BCUT2D eigenvalue weighted by Crippen LogP contribution is -2.35. The number of sulfone groups is 1. The van der Waals surface area contributed by atoms with Gasteiger partial charge in [0.25, 0.3) is 5.91 Å². The van der Waals surface area contributed by atoms with Crippen molar-refractivity contribution in [2.24, 2.45) is 5.73 Å². The number of fused-ring (bicyclic) bond motifs is 1. The minimum Gasteiger partial charge on any atom is -0.453 e. The molecule has 3 N–H and O–H groups in total. The van der Waals surface area contributed by atoms with E-state index in [1.165, 1.54) is 24.1 Å². The molecule has 1 aliphatic rings. The van der Waals surface area contributed by atoms with Crippen molar-refractivity contribution in [3.63, 3.8) is 0 Å². The molecule has 1 aromatic heterocycles. The van der Waals surface area contributed by atoms with Crippen LogP contribution < -0.4 is 11.1 Å². The highest BCUT2D eigenvalue weighted by Gasteiger charge is 2.30. The summed E-state index contributed by atoms with van der Waals surface area (Å²) in [5.41, 5.74) is 7.21. The maximum absolute atomic E-state index is 12.5. The summed E-state index contributed by atoms with van der Waals surface area (Å²) >= 11 is 1.10. The molecule has 0 radical (unpaired) electrons. The highest BCUT2D eigenvalue weighted by Crippen LogP contribution is 2.37. The molecule has 0 saturated carbocycles. The van der Waals surface area contributed by atoms with Gasteiger partial charge in [-0.2, -0.15) is 0 Å². The Labute approximate surface area is 177 Å². The van der Waals surface area contributed by atoms with Crippen molar-refractivity contribution < 1.29 is 27.5 Å². The Bertz CT molecular complexity index is 1110. The van der Waals surface area contributed by atoms with Gasteiger partial charge in [-0.15, -0.1) is 11.3 Å². The largest absolute Gasteiger partial charge is 0.453 e. The van der Waals surface area contributed by atoms with Gasteiger partial charge in [-0.1, -0.05) is 17.7 Å². The van der Waals surface area contributed by atoms with Gasteiger partial charge in [0, 0.05) is 11.4 Å². The number of carbonyl (C=O) groups excluding carboxylic acids is 3. The van der Waals surface area contributed by atoms with Crippen LogP contribution in [-0.2, 0) is 32.3 Å². The fourth-order valence-electron chi connectivity index (χ4n) is 3.20. The third-order valence-electron chi connectivity index (χ3n) is 4.69. The lowest BCUT2D eigenvalue weighted by molar-refractivity contribution is -0.113. The zero-order valence-corrected chi connectivity index (χ0v) is 18.1. The van der Waals surface area contributed by atoms with Crippen LogP contribution in [0.1, 0.15) is 26.4 Å². The van der Waals surface area contributed by atoms with Gasteiger partial charge in [0.2, 0.25) is 5.91 Å². The number of amides is 3. The van der Waals surface area contributed by atoms with E-state index in [-0.39, 0.29) is 22.0 Å². The first-order valence-electron chi connectivity index (χ1n) is 8.99. The van der Waals surface area contributed by atoms with Gasteiger partial charge in [0.1, 0.15) is 10.8 Å². The molecule has 11 heteroatoms. The Morgan fingerprint density at radius 3 is 2.50 bits per heavy atom. The van der Waals surface area contributed by atoms with Gasteiger partial charge in [-0.25, -0.2) is 13.2 Å². The van der Waals surface area contributed by atoms with Crippen LogP contribution in [-0.4, -0.2) is 50.6 Å². The SMILES string of the molecule is COC(=O)N1CCc2c(sc(NC(=O)CS(=O)(=O)c3ccc(C)cc3)c2C(N)=O)C1. The van der Waals surface area contributed by atoms with Gasteiger partial charge in [-0.05, 0) is 31.0 Å². The third kappa shape index (κ3) is 4.46. The molecule has 0 fully saturated rings. The van der Waals surface area contributed by atoms with Gasteiger partial charge in [-0.3, -0.25) is 9.59 Å². The fourth-order valence-corrected chi connectivity index (χ4v) is 5.62. The molecule has 30 heavy (non-hydrogen) atoms. The van der Waals surface area contributed by atoms with Crippen LogP contribution in [0.2, 0.25) is 0 Å². The molecule has 1 aliphatic heterocycles. The number of anilines is 1. The first kappa shape index (κ1) is 21.8. The average Bonchev–Trinajstić information content (AvgIpc) is 3.04. The number of ether oxygens (including phenoxy) is 1. The number of aryl methyl sites for hydroxylation is 1. The standard InChI is InChI=1S/C19H21N3O6S2/c1-11-3-5-12(6-4-11)30(26,27)10-15(23)21-18-16(17(20)24)13-7-8-22(19(25)28-2)9-14(13)29-18/h3-6H,7-10H2,1-2H3,(H2,20,24)(H,21,23). The molecule has 0 unspecified atom stereocenters. The zero-order chi connectivity index (χ0) is 22.1. The first-order chi connectivity index (χ1) is 14.1. The predicted molar refractivity (Wildman–Crippen MR) is 111 cm³/mol. The van der Waals surface area contributed by atoms with Gasteiger partial charge in [0.15, 0.2) is 9.84 Å². The van der Waals surface area contributed by atoms with E-state index >= 15 is 0 Å². The third-order valence-corrected chi connectivity index (χ3v) is 7.46. The van der Waals surface area contributed by atoms with Crippen LogP contribution in [0.3, 0.4) is 0 Å². The van der Waals surface area contributed by atoms with Crippen LogP contribution in [0.15, 0.2) is 29.2 Å². The summed E-state index contributed by atoms with van der Waals surface area (Å²) in [6.07, 6.45) is -0.124. The number of primary amides is 1. The summed E-state index contributed by atoms with van der Waals surface area (Å²) in [4.78, 5) is 38.4. The molecule has 0 bridgehead atoms.